The molecule has 2 rings (SSSR count). The third kappa shape index (κ3) is 5.59. The van der Waals surface area contributed by atoms with E-state index in [1.54, 1.807) is 0 Å². The van der Waals surface area contributed by atoms with Crippen LogP contribution in [0.25, 0.3) is 0 Å². The lowest BCUT2D eigenvalue weighted by molar-refractivity contribution is -0.112. The van der Waals surface area contributed by atoms with Crippen molar-refractivity contribution in [3.8, 4) is 0 Å². The van der Waals surface area contributed by atoms with Crippen molar-refractivity contribution in [2.45, 2.75) is 136 Å². The lowest BCUT2D eigenvalue weighted by Gasteiger charge is -2.52. The molecule has 5 atom stereocenters. The minimum Gasteiger partial charge on any atom is -0.414 e. The minimum absolute atomic E-state index is 0.0232. The van der Waals surface area contributed by atoms with E-state index in [1.807, 2.05) is 13.8 Å². The van der Waals surface area contributed by atoms with E-state index in [1.165, 1.54) is 32.1 Å². The Kier molecular flexibility index (Phi) is 7.80. The van der Waals surface area contributed by atoms with E-state index in [2.05, 4.69) is 47.7 Å². The van der Waals surface area contributed by atoms with E-state index in [4.69, 9.17) is 4.43 Å². The van der Waals surface area contributed by atoms with Crippen LogP contribution in [0.1, 0.15) is 106 Å². The molecule has 30 heavy (non-hydrogen) atoms. The molecule has 0 radical (unpaired) electrons. The molecule has 0 bridgehead atoms. The Morgan fingerprint density at radius 1 is 1.07 bits per heavy atom. The second-order valence-corrected chi connectivity index (χ2v) is 18.0. The van der Waals surface area contributed by atoms with Crippen LogP contribution >= 0.6 is 0 Å². The molecule has 0 aliphatic heterocycles. The summed E-state index contributed by atoms with van der Waals surface area (Å²) < 4.78 is 7.01. The maximum absolute atomic E-state index is 11.7. The summed E-state index contributed by atoms with van der Waals surface area (Å²) >= 11 is 0. The molecule has 2 saturated carbocycles. The van der Waals surface area contributed by atoms with Crippen molar-refractivity contribution < 1.29 is 14.3 Å². The van der Waals surface area contributed by atoms with Crippen LogP contribution in [0.2, 0.25) is 18.1 Å². The first-order valence-electron chi connectivity index (χ1n) is 12.4. The van der Waals surface area contributed by atoms with Gasteiger partial charge < -0.3 is 14.3 Å². The molecule has 176 valence electrons. The molecule has 2 aliphatic carbocycles. The fourth-order valence-corrected chi connectivity index (χ4v) is 7.89. The van der Waals surface area contributed by atoms with Gasteiger partial charge in [-0.15, -0.1) is 0 Å². The van der Waals surface area contributed by atoms with Crippen LogP contribution in [0, 0.1) is 22.7 Å². The summed E-state index contributed by atoms with van der Waals surface area (Å²) in [6.45, 7) is 20.4. The number of fused-ring (bicyclic) bond motifs is 1. The fourth-order valence-electron chi connectivity index (χ4n) is 6.49. The van der Waals surface area contributed by atoms with E-state index in [9.17, 15) is 9.90 Å². The molecular formula is C26H50O3Si. The second kappa shape index (κ2) is 8.98. The molecule has 0 heterocycles. The Labute approximate surface area is 187 Å². The van der Waals surface area contributed by atoms with Crippen LogP contribution in [0.3, 0.4) is 0 Å². The predicted octanol–water partition coefficient (Wildman–Crippen LogP) is 7.13. The van der Waals surface area contributed by atoms with Crippen LogP contribution < -0.4 is 0 Å². The second-order valence-electron chi connectivity index (χ2n) is 13.2. The molecule has 0 aromatic carbocycles. The van der Waals surface area contributed by atoms with Gasteiger partial charge in [-0.25, -0.2) is 0 Å². The van der Waals surface area contributed by atoms with Gasteiger partial charge in [0.15, 0.2) is 8.32 Å². The van der Waals surface area contributed by atoms with E-state index in [0.717, 1.165) is 25.5 Å². The van der Waals surface area contributed by atoms with Gasteiger partial charge in [0.25, 0.3) is 0 Å². The number of carbonyl (C=O) groups is 1. The third-order valence-corrected chi connectivity index (χ3v) is 13.7. The predicted molar refractivity (Wildman–Crippen MR) is 129 cm³/mol. The van der Waals surface area contributed by atoms with Gasteiger partial charge in [0, 0.05) is 12.5 Å². The minimum atomic E-state index is -1.79. The van der Waals surface area contributed by atoms with Crippen LogP contribution in [-0.4, -0.2) is 31.4 Å². The highest BCUT2D eigenvalue weighted by molar-refractivity contribution is 6.74. The normalized spacial score (nSPS) is 32.5. The molecule has 2 fully saturated rings. The summed E-state index contributed by atoms with van der Waals surface area (Å²) in [5.41, 5.74) is -0.343. The summed E-state index contributed by atoms with van der Waals surface area (Å²) in [6, 6.07) is 0. The molecule has 0 aromatic rings. The Balaban J connectivity index is 2.22. The van der Waals surface area contributed by atoms with E-state index >= 15 is 0 Å². The van der Waals surface area contributed by atoms with Crippen molar-refractivity contribution in [3.63, 3.8) is 0 Å². The molecule has 0 aromatic heterocycles. The van der Waals surface area contributed by atoms with Crippen LogP contribution in [-0.2, 0) is 9.22 Å². The average molecular weight is 439 g/mol. The van der Waals surface area contributed by atoms with Gasteiger partial charge in [-0.3, -0.25) is 0 Å². The SMILES string of the molecule is CC(C)(O)CCCC(C)(CC=O)C1CCC2[C@@H](O[Si](C)(C)C(C)(C)C)CCC[C@@]21C. The summed E-state index contributed by atoms with van der Waals surface area (Å²) in [4.78, 5) is 11.7. The van der Waals surface area contributed by atoms with Gasteiger partial charge in [-0.2, -0.15) is 0 Å². The summed E-state index contributed by atoms with van der Waals surface area (Å²) in [6.07, 6.45) is 11.1. The Bertz CT molecular complexity index is 588. The molecule has 1 N–H and O–H groups in total. The van der Waals surface area contributed by atoms with Crippen molar-refractivity contribution >= 4 is 14.6 Å². The molecule has 0 spiro atoms. The Morgan fingerprint density at radius 3 is 2.23 bits per heavy atom. The highest BCUT2D eigenvalue weighted by Gasteiger charge is 2.57. The smallest absolute Gasteiger partial charge is 0.192 e. The van der Waals surface area contributed by atoms with Crippen molar-refractivity contribution in [2.75, 3.05) is 0 Å². The third-order valence-electron chi connectivity index (χ3n) is 9.24. The maximum atomic E-state index is 11.7. The first kappa shape index (κ1) is 26.1. The Morgan fingerprint density at radius 2 is 1.70 bits per heavy atom. The lowest BCUT2D eigenvalue weighted by Crippen LogP contribution is -2.51. The first-order valence-corrected chi connectivity index (χ1v) is 15.3. The molecule has 2 aliphatic rings. The highest BCUT2D eigenvalue weighted by atomic mass is 28.4. The molecule has 0 amide bonds. The van der Waals surface area contributed by atoms with Gasteiger partial charge in [0.05, 0.1) is 5.60 Å². The number of aliphatic hydroxyl groups is 1. The fraction of sp³-hybridized carbons (Fsp3) is 0.962. The van der Waals surface area contributed by atoms with E-state index in [-0.39, 0.29) is 15.9 Å². The van der Waals surface area contributed by atoms with Crippen LogP contribution in [0.15, 0.2) is 0 Å². The van der Waals surface area contributed by atoms with Crippen LogP contribution in [0.4, 0.5) is 0 Å². The van der Waals surface area contributed by atoms with Gasteiger partial charge in [0.1, 0.15) is 6.29 Å². The average Bonchev–Trinajstić information content (AvgIpc) is 2.91. The zero-order chi connectivity index (χ0) is 23.0. The molecular weight excluding hydrogens is 388 g/mol. The van der Waals surface area contributed by atoms with Gasteiger partial charge in [0.2, 0.25) is 0 Å². The highest BCUT2D eigenvalue weighted by Crippen LogP contribution is 2.63. The number of rotatable bonds is 9. The molecule has 3 unspecified atom stereocenters. The molecule has 3 nitrogen and oxygen atoms in total. The summed E-state index contributed by atoms with van der Waals surface area (Å²) in [5.74, 6) is 1.18. The molecule has 0 saturated heterocycles. The lowest BCUT2D eigenvalue weighted by atomic mass is 9.56. The summed E-state index contributed by atoms with van der Waals surface area (Å²) in [5, 5.41) is 10.4. The van der Waals surface area contributed by atoms with Crippen molar-refractivity contribution in [2.24, 2.45) is 22.7 Å². The van der Waals surface area contributed by atoms with Gasteiger partial charge >= 0.3 is 0 Å². The Hall–Kier alpha value is -0.193. The van der Waals surface area contributed by atoms with Crippen LogP contribution in [0.5, 0.6) is 0 Å². The first-order chi connectivity index (χ1) is 13.6. The van der Waals surface area contributed by atoms with E-state index < -0.39 is 13.9 Å². The standard InChI is InChI=1S/C26H50O3Si/c1-23(2,3)30(8,9)29-21-12-10-17-26(7)20(21)13-14-22(26)25(6,18-19-27)16-11-15-24(4,5)28/h19-22,28H,10-18H2,1-9H3/t20?,21-,22?,25?,26-/m0/s1. The van der Waals surface area contributed by atoms with Gasteiger partial charge in [-0.05, 0) is 93.2 Å². The molecule has 4 heteroatoms. The number of aldehydes is 1. The monoisotopic (exact) mass is 438 g/mol. The maximum Gasteiger partial charge on any atom is 0.192 e. The zero-order valence-corrected chi connectivity index (χ0v) is 22.4. The number of hydrogen-bond donors (Lipinski definition) is 1. The summed E-state index contributed by atoms with van der Waals surface area (Å²) in [7, 11) is -1.79. The number of carbonyl (C=O) groups excluding carboxylic acids is 1. The topological polar surface area (TPSA) is 46.5 Å². The van der Waals surface area contributed by atoms with Crippen molar-refractivity contribution in [1.82, 2.24) is 0 Å². The van der Waals surface area contributed by atoms with Crippen molar-refractivity contribution in [3.05, 3.63) is 0 Å². The van der Waals surface area contributed by atoms with Crippen molar-refractivity contribution in [1.29, 1.82) is 0 Å². The van der Waals surface area contributed by atoms with E-state index in [0.29, 0.717) is 24.4 Å². The zero-order valence-electron chi connectivity index (χ0n) is 21.4. The largest absolute Gasteiger partial charge is 0.414 e. The van der Waals surface area contributed by atoms with Gasteiger partial charge in [-0.1, -0.05) is 47.5 Å². The quantitative estimate of drug-likeness (QED) is 0.307. The number of hydrogen-bond acceptors (Lipinski definition) is 3.